The minimum atomic E-state index is 0.572. The fraction of sp³-hybridized carbons (Fsp3) is 0.111. The van der Waals surface area contributed by atoms with Crippen LogP contribution < -0.4 is 0 Å². The molecule has 0 N–H and O–H groups in total. The quantitative estimate of drug-likeness (QED) is 0.638. The lowest BCUT2D eigenvalue weighted by Crippen LogP contribution is -1.96. The maximum atomic E-state index is 3.87. The van der Waals surface area contributed by atoms with Gasteiger partial charge in [0.05, 0.1) is 0 Å². The first-order chi connectivity index (χ1) is 6.47. The van der Waals surface area contributed by atoms with Gasteiger partial charge in [0, 0.05) is 5.57 Å². The fourth-order valence-corrected chi connectivity index (χ4v) is 1.06. The number of rotatable bonds is 1. The van der Waals surface area contributed by atoms with Crippen LogP contribution in [-0.2, 0) is 0 Å². The third-order valence-electron chi connectivity index (χ3n) is 1.66. The second-order valence-corrected chi connectivity index (χ2v) is 2.55. The number of nitrogens with zero attached hydrogens (tertiary/aromatic N) is 4. The van der Waals surface area contributed by atoms with Gasteiger partial charge >= 0.3 is 0 Å². The van der Waals surface area contributed by atoms with E-state index in [4.69, 9.17) is 0 Å². The molecule has 1 aromatic rings. The van der Waals surface area contributed by atoms with E-state index in [9.17, 15) is 0 Å². The Bertz CT molecular complexity index is 364. The number of allylic oxidation sites excluding steroid dienone is 6. The van der Waals surface area contributed by atoms with Crippen LogP contribution in [0.5, 0.6) is 0 Å². The highest BCUT2D eigenvalue weighted by Gasteiger charge is 2.01. The summed E-state index contributed by atoms with van der Waals surface area (Å²) in [6.45, 7) is 0. The maximum Gasteiger partial charge on any atom is 0.203 e. The Balaban J connectivity index is 2.32. The summed E-state index contributed by atoms with van der Waals surface area (Å²) < 4.78 is 0. The average molecular weight is 172 g/mol. The van der Waals surface area contributed by atoms with Crippen LogP contribution in [0.25, 0.3) is 5.57 Å². The average Bonchev–Trinajstić information content (AvgIpc) is 2.47. The van der Waals surface area contributed by atoms with Crippen LogP contribution in [0.4, 0.5) is 0 Å². The topological polar surface area (TPSA) is 51.6 Å². The van der Waals surface area contributed by atoms with E-state index in [0.29, 0.717) is 5.82 Å². The van der Waals surface area contributed by atoms with Gasteiger partial charge in [-0.25, -0.2) is 0 Å². The van der Waals surface area contributed by atoms with Crippen molar-refractivity contribution < 1.29 is 0 Å². The molecule has 2 rings (SSSR count). The van der Waals surface area contributed by atoms with Crippen molar-refractivity contribution in [3.05, 3.63) is 42.5 Å². The highest BCUT2D eigenvalue weighted by Crippen LogP contribution is 2.12. The zero-order chi connectivity index (χ0) is 8.93. The fourth-order valence-electron chi connectivity index (χ4n) is 1.06. The first-order valence-corrected chi connectivity index (χ1v) is 4.01. The highest BCUT2D eigenvalue weighted by molar-refractivity contribution is 5.69. The molecule has 0 aromatic carbocycles. The number of aromatic nitrogens is 4. The molecule has 0 bridgehead atoms. The standard InChI is InChI=1S/C9H8N4/c1-2-4-6-8(5-3-1)9-12-10-7-11-13-9/h1-3,5-7H,4H2. The van der Waals surface area contributed by atoms with Crippen molar-refractivity contribution in [2.45, 2.75) is 6.42 Å². The van der Waals surface area contributed by atoms with Crippen molar-refractivity contribution in [2.75, 3.05) is 0 Å². The molecular weight excluding hydrogens is 164 g/mol. The van der Waals surface area contributed by atoms with Gasteiger partial charge < -0.3 is 0 Å². The highest BCUT2D eigenvalue weighted by atomic mass is 15.3. The molecule has 0 saturated carbocycles. The van der Waals surface area contributed by atoms with E-state index >= 15 is 0 Å². The largest absolute Gasteiger partial charge is 0.203 e. The molecule has 1 aliphatic rings. The Hall–Kier alpha value is -1.84. The summed E-state index contributed by atoms with van der Waals surface area (Å²) >= 11 is 0. The van der Waals surface area contributed by atoms with E-state index in [-0.39, 0.29) is 0 Å². The van der Waals surface area contributed by atoms with Crippen molar-refractivity contribution in [3.8, 4) is 0 Å². The molecule has 0 aliphatic heterocycles. The van der Waals surface area contributed by atoms with Gasteiger partial charge in [0.15, 0.2) is 6.33 Å². The van der Waals surface area contributed by atoms with E-state index in [1.54, 1.807) is 0 Å². The molecule has 0 spiro atoms. The SMILES string of the molecule is C1=CCC=C(c2nncnn2)C=C1. The van der Waals surface area contributed by atoms with E-state index in [2.05, 4.69) is 26.5 Å². The molecule has 4 nitrogen and oxygen atoms in total. The van der Waals surface area contributed by atoms with E-state index < -0.39 is 0 Å². The molecular formula is C9H8N4. The molecule has 64 valence electrons. The van der Waals surface area contributed by atoms with Gasteiger partial charge in [-0.15, -0.1) is 20.4 Å². The smallest absolute Gasteiger partial charge is 0.135 e. The Morgan fingerprint density at radius 3 is 2.77 bits per heavy atom. The van der Waals surface area contributed by atoms with Crippen LogP contribution in [0.2, 0.25) is 0 Å². The van der Waals surface area contributed by atoms with Crippen molar-refractivity contribution in [1.82, 2.24) is 20.4 Å². The van der Waals surface area contributed by atoms with Crippen LogP contribution >= 0.6 is 0 Å². The molecule has 0 saturated heterocycles. The number of hydrogen-bond donors (Lipinski definition) is 0. The zero-order valence-corrected chi connectivity index (χ0v) is 6.96. The molecule has 1 heterocycles. The zero-order valence-electron chi connectivity index (χ0n) is 6.96. The van der Waals surface area contributed by atoms with Gasteiger partial charge in [-0.05, 0) is 6.42 Å². The van der Waals surface area contributed by atoms with Crippen LogP contribution in [-0.4, -0.2) is 20.4 Å². The second-order valence-electron chi connectivity index (χ2n) is 2.55. The van der Waals surface area contributed by atoms with Crippen LogP contribution in [0.3, 0.4) is 0 Å². The summed E-state index contributed by atoms with van der Waals surface area (Å²) in [5.41, 5.74) is 0.964. The van der Waals surface area contributed by atoms with Gasteiger partial charge in [-0.2, -0.15) is 0 Å². The Labute approximate surface area is 75.7 Å². The Kier molecular flexibility index (Phi) is 2.22. The van der Waals surface area contributed by atoms with Crippen LogP contribution in [0, 0.1) is 0 Å². The number of hydrogen-bond acceptors (Lipinski definition) is 4. The minimum absolute atomic E-state index is 0.572. The Morgan fingerprint density at radius 2 is 1.92 bits per heavy atom. The summed E-state index contributed by atoms with van der Waals surface area (Å²) in [4.78, 5) is 0. The van der Waals surface area contributed by atoms with E-state index in [0.717, 1.165) is 12.0 Å². The van der Waals surface area contributed by atoms with Crippen molar-refractivity contribution in [1.29, 1.82) is 0 Å². The van der Waals surface area contributed by atoms with Gasteiger partial charge in [0.1, 0.15) is 0 Å². The first kappa shape index (κ1) is 7.79. The summed E-state index contributed by atoms with van der Waals surface area (Å²) in [5.74, 6) is 0.572. The summed E-state index contributed by atoms with van der Waals surface area (Å²) in [5, 5.41) is 15.1. The molecule has 0 radical (unpaired) electrons. The Morgan fingerprint density at radius 1 is 1.08 bits per heavy atom. The summed E-state index contributed by atoms with van der Waals surface area (Å²) in [7, 11) is 0. The van der Waals surface area contributed by atoms with E-state index in [1.165, 1.54) is 6.33 Å². The lowest BCUT2D eigenvalue weighted by molar-refractivity contribution is 0.834. The predicted molar refractivity (Wildman–Crippen MR) is 48.5 cm³/mol. The normalized spacial score (nSPS) is 15.2. The van der Waals surface area contributed by atoms with Gasteiger partial charge in [-0.3, -0.25) is 0 Å². The molecule has 0 amide bonds. The molecule has 0 fully saturated rings. The lowest BCUT2D eigenvalue weighted by atomic mass is 10.2. The molecule has 4 heteroatoms. The van der Waals surface area contributed by atoms with E-state index in [1.807, 2.05) is 24.3 Å². The van der Waals surface area contributed by atoms with Crippen molar-refractivity contribution >= 4 is 5.57 Å². The molecule has 0 unspecified atom stereocenters. The van der Waals surface area contributed by atoms with Crippen LogP contribution in [0.1, 0.15) is 12.2 Å². The molecule has 1 aliphatic carbocycles. The monoisotopic (exact) mass is 172 g/mol. The van der Waals surface area contributed by atoms with Crippen LogP contribution in [0.15, 0.2) is 36.7 Å². The molecule has 1 aromatic heterocycles. The van der Waals surface area contributed by atoms with Gasteiger partial charge in [0.2, 0.25) is 5.82 Å². The first-order valence-electron chi connectivity index (χ1n) is 4.01. The van der Waals surface area contributed by atoms with Gasteiger partial charge in [0.25, 0.3) is 0 Å². The summed E-state index contributed by atoms with van der Waals surface area (Å²) in [6, 6.07) is 0. The minimum Gasteiger partial charge on any atom is -0.135 e. The predicted octanol–water partition coefficient (Wildman–Crippen LogP) is 1.17. The third kappa shape index (κ3) is 1.84. The van der Waals surface area contributed by atoms with Crippen molar-refractivity contribution in [3.63, 3.8) is 0 Å². The molecule has 13 heavy (non-hydrogen) atoms. The maximum absolute atomic E-state index is 3.87. The summed E-state index contributed by atoms with van der Waals surface area (Å²) in [6.07, 6.45) is 12.2. The third-order valence-corrected chi connectivity index (χ3v) is 1.66. The molecule has 0 atom stereocenters. The van der Waals surface area contributed by atoms with Crippen molar-refractivity contribution in [2.24, 2.45) is 0 Å². The second kappa shape index (κ2) is 3.71. The van der Waals surface area contributed by atoms with Gasteiger partial charge in [-0.1, -0.05) is 30.4 Å². The lowest BCUT2D eigenvalue weighted by Gasteiger charge is -1.95.